The molecule has 0 aliphatic heterocycles. The summed E-state index contributed by atoms with van der Waals surface area (Å²) in [5.74, 6) is -0.222. The minimum atomic E-state index is -0.336. The van der Waals surface area contributed by atoms with Gasteiger partial charge in [0.25, 0.3) is 0 Å². The van der Waals surface area contributed by atoms with Crippen LogP contribution in [0.15, 0.2) is 0 Å². The Morgan fingerprint density at radius 2 is 2.25 bits per heavy atom. The molecule has 0 aromatic rings. The van der Waals surface area contributed by atoms with E-state index in [0.29, 0.717) is 6.61 Å². The van der Waals surface area contributed by atoms with Crippen molar-refractivity contribution in [3.63, 3.8) is 0 Å². The second kappa shape index (κ2) is 6.45. The minimum absolute atomic E-state index is 0.0413. The third-order valence-corrected chi connectivity index (χ3v) is 1.13. The number of guanidine groups is 1. The normalized spacial score (nSPS) is 8.83. The molecule has 0 saturated carbocycles. The lowest BCUT2D eigenvalue weighted by atomic mass is 10.5. The summed E-state index contributed by atoms with van der Waals surface area (Å²) in [6.45, 7) is 2.41. The predicted molar refractivity (Wildman–Crippen MR) is 46.0 cm³/mol. The maximum absolute atomic E-state index is 10.8. The van der Waals surface area contributed by atoms with Crippen LogP contribution >= 0.6 is 0 Å². The Labute approximate surface area is 72.0 Å². The van der Waals surface area contributed by atoms with Crippen LogP contribution in [0.25, 0.3) is 0 Å². The summed E-state index contributed by atoms with van der Waals surface area (Å²) in [7, 11) is 1.60. The van der Waals surface area contributed by atoms with E-state index in [1.54, 1.807) is 7.05 Å². The van der Waals surface area contributed by atoms with Crippen LogP contribution in [0.2, 0.25) is 0 Å². The van der Waals surface area contributed by atoms with Crippen molar-refractivity contribution in [2.75, 3.05) is 20.2 Å². The quantitative estimate of drug-likeness (QED) is 0.309. The van der Waals surface area contributed by atoms with E-state index < -0.39 is 0 Å². The molecule has 0 atom stereocenters. The number of hydrogen-bond donors (Lipinski definition) is 3. The standard InChI is InChI=1S/C7H15N3O2/c1-3-4-12-6(11)5-10-7(8)9-2/h3-5H2,1-2H3,(H3,8,9,10). The van der Waals surface area contributed by atoms with Gasteiger partial charge >= 0.3 is 5.97 Å². The zero-order valence-electron chi connectivity index (χ0n) is 7.44. The Bertz CT molecular complexity index is 159. The van der Waals surface area contributed by atoms with E-state index in [-0.39, 0.29) is 18.5 Å². The average Bonchev–Trinajstić information content (AvgIpc) is 2.10. The Hall–Kier alpha value is -1.26. The van der Waals surface area contributed by atoms with Crippen LogP contribution in [0, 0.1) is 5.41 Å². The fourth-order valence-corrected chi connectivity index (χ4v) is 0.516. The van der Waals surface area contributed by atoms with Crippen LogP contribution in [0.3, 0.4) is 0 Å². The summed E-state index contributed by atoms with van der Waals surface area (Å²) in [4.78, 5) is 10.8. The summed E-state index contributed by atoms with van der Waals surface area (Å²) >= 11 is 0. The lowest BCUT2D eigenvalue weighted by molar-refractivity contribution is -0.142. The molecule has 0 rings (SSSR count). The van der Waals surface area contributed by atoms with Crippen molar-refractivity contribution in [3.05, 3.63) is 0 Å². The van der Waals surface area contributed by atoms with Gasteiger partial charge in [-0.3, -0.25) is 10.2 Å². The molecular weight excluding hydrogens is 158 g/mol. The molecule has 3 N–H and O–H groups in total. The van der Waals surface area contributed by atoms with Crippen molar-refractivity contribution in [3.8, 4) is 0 Å². The molecule has 0 aromatic heterocycles. The van der Waals surface area contributed by atoms with E-state index in [9.17, 15) is 4.79 Å². The lowest BCUT2D eigenvalue weighted by Gasteiger charge is -2.06. The summed E-state index contributed by atoms with van der Waals surface area (Å²) in [5, 5.41) is 12.2. The molecule has 0 heterocycles. The van der Waals surface area contributed by atoms with E-state index in [1.807, 2.05) is 6.92 Å². The number of rotatable bonds is 4. The van der Waals surface area contributed by atoms with Gasteiger partial charge in [-0.1, -0.05) is 6.92 Å². The third kappa shape index (κ3) is 5.52. The summed E-state index contributed by atoms with van der Waals surface area (Å²) in [6, 6.07) is 0. The molecule has 0 saturated heterocycles. The summed E-state index contributed by atoms with van der Waals surface area (Å²) in [5.41, 5.74) is 0. The van der Waals surface area contributed by atoms with Gasteiger partial charge < -0.3 is 15.4 Å². The van der Waals surface area contributed by atoms with E-state index >= 15 is 0 Å². The first-order valence-corrected chi connectivity index (χ1v) is 3.86. The van der Waals surface area contributed by atoms with E-state index in [1.165, 1.54) is 0 Å². The number of carbonyl (C=O) groups excluding carboxylic acids is 1. The summed E-state index contributed by atoms with van der Waals surface area (Å²) in [6.07, 6.45) is 0.815. The largest absolute Gasteiger partial charge is 0.464 e. The number of carbonyl (C=O) groups is 1. The van der Waals surface area contributed by atoms with Gasteiger partial charge in [-0.25, -0.2) is 0 Å². The Morgan fingerprint density at radius 1 is 1.58 bits per heavy atom. The van der Waals surface area contributed by atoms with E-state index in [2.05, 4.69) is 10.6 Å². The molecule has 0 aliphatic carbocycles. The zero-order valence-corrected chi connectivity index (χ0v) is 7.44. The summed E-state index contributed by atoms with van der Waals surface area (Å²) < 4.78 is 4.76. The fraction of sp³-hybridized carbons (Fsp3) is 0.714. The Balaban J connectivity index is 3.37. The molecule has 0 fully saturated rings. The highest BCUT2D eigenvalue weighted by atomic mass is 16.5. The smallest absolute Gasteiger partial charge is 0.325 e. The molecule has 12 heavy (non-hydrogen) atoms. The molecule has 70 valence electrons. The van der Waals surface area contributed by atoms with Crippen molar-refractivity contribution in [2.45, 2.75) is 13.3 Å². The van der Waals surface area contributed by atoms with Crippen molar-refractivity contribution < 1.29 is 9.53 Å². The van der Waals surface area contributed by atoms with Crippen molar-refractivity contribution in [1.29, 1.82) is 5.41 Å². The van der Waals surface area contributed by atoms with Crippen molar-refractivity contribution in [2.24, 2.45) is 0 Å². The molecular formula is C7H15N3O2. The van der Waals surface area contributed by atoms with Gasteiger partial charge in [0, 0.05) is 7.05 Å². The molecule has 0 bridgehead atoms. The molecule has 0 unspecified atom stereocenters. The van der Waals surface area contributed by atoms with Crippen LogP contribution in [-0.4, -0.2) is 32.1 Å². The number of hydrogen-bond acceptors (Lipinski definition) is 3. The molecule has 5 nitrogen and oxygen atoms in total. The average molecular weight is 173 g/mol. The second-order valence-corrected chi connectivity index (χ2v) is 2.20. The fourth-order valence-electron chi connectivity index (χ4n) is 0.516. The molecule has 0 amide bonds. The zero-order chi connectivity index (χ0) is 9.40. The van der Waals surface area contributed by atoms with Crippen LogP contribution in [0.4, 0.5) is 0 Å². The highest BCUT2D eigenvalue weighted by Crippen LogP contribution is 1.80. The number of nitrogens with one attached hydrogen (secondary N) is 3. The third-order valence-electron chi connectivity index (χ3n) is 1.13. The van der Waals surface area contributed by atoms with Gasteiger partial charge in [0.05, 0.1) is 6.61 Å². The van der Waals surface area contributed by atoms with Gasteiger partial charge in [-0.2, -0.15) is 0 Å². The highest BCUT2D eigenvalue weighted by molar-refractivity contribution is 5.81. The van der Waals surface area contributed by atoms with Gasteiger partial charge in [0.2, 0.25) is 0 Å². The van der Waals surface area contributed by atoms with Crippen LogP contribution < -0.4 is 10.6 Å². The maximum atomic E-state index is 10.8. The highest BCUT2D eigenvalue weighted by Gasteiger charge is 2.01. The SMILES string of the molecule is CCCOC(=O)CNC(=N)NC. The van der Waals surface area contributed by atoms with Crippen LogP contribution in [-0.2, 0) is 9.53 Å². The maximum Gasteiger partial charge on any atom is 0.325 e. The molecule has 5 heteroatoms. The first kappa shape index (κ1) is 10.7. The van der Waals surface area contributed by atoms with Crippen molar-refractivity contribution >= 4 is 11.9 Å². The minimum Gasteiger partial charge on any atom is -0.464 e. The first-order chi connectivity index (χ1) is 5.70. The van der Waals surface area contributed by atoms with Crippen LogP contribution in [0.5, 0.6) is 0 Å². The lowest BCUT2D eigenvalue weighted by Crippen LogP contribution is -2.37. The topological polar surface area (TPSA) is 74.2 Å². The van der Waals surface area contributed by atoms with Crippen LogP contribution in [0.1, 0.15) is 13.3 Å². The predicted octanol–water partition coefficient (Wildman–Crippen LogP) is -0.317. The number of esters is 1. The Kier molecular flexibility index (Phi) is 5.77. The molecule has 0 spiro atoms. The number of ether oxygens (including phenoxy) is 1. The van der Waals surface area contributed by atoms with Gasteiger partial charge in [-0.05, 0) is 6.42 Å². The van der Waals surface area contributed by atoms with Crippen molar-refractivity contribution in [1.82, 2.24) is 10.6 Å². The Morgan fingerprint density at radius 3 is 2.75 bits per heavy atom. The molecule has 0 aromatic carbocycles. The first-order valence-electron chi connectivity index (χ1n) is 3.86. The second-order valence-electron chi connectivity index (χ2n) is 2.20. The van der Waals surface area contributed by atoms with Gasteiger partial charge in [-0.15, -0.1) is 0 Å². The van der Waals surface area contributed by atoms with E-state index in [0.717, 1.165) is 6.42 Å². The van der Waals surface area contributed by atoms with Gasteiger partial charge in [0.15, 0.2) is 5.96 Å². The van der Waals surface area contributed by atoms with Gasteiger partial charge in [0.1, 0.15) is 6.54 Å². The molecule has 0 radical (unpaired) electrons. The molecule has 0 aliphatic rings. The monoisotopic (exact) mass is 173 g/mol. The van der Waals surface area contributed by atoms with E-state index in [4.69, 9.17) is 10.1 Å².